The van der Waals surface area contributed by atoms with Crippen molar-refractivity contribution in [1.82, 2.24) is 0 Å². The van der Waals surface area contributed by atoms with E-state index in [0.29, 0.717) is 0 Å². The maximum absolute atomic E-state index is 5.65. The summed E-state index contributed by atoms with van der Waals surface area (Å²) in [4.78, 5) is 1.22. The van der Waals surface area contributed by atoms with Crippen LogP contribution in [-0.4, -0.2) is 5.75 Å². The van der Waals surface area contributed by atoms with Crippen LogP contribution in [-0.2, 0) is 0 Å². The van der Waals surface area contributed by atoms with Crippen molar-refractivity contribution in [3.8, 4) is 11.8 Å². The number of nitrogens with two attached hydrogens (primary N) is 1. The van der Waals surface area contributed by atoms with Gasteiger partial charge >= 0.3 is 0 Å². The zero-order valence-electron chi connectivity index (χ0n) is 7.71. The van der Waals surface area contributed by atoms with Gasteiger partial charge in [-0.3, -0.25) is 0 Å². The molecule has 13 heavy (non-hydrogen) atoms. The SMILES string of the molecule is CC#CCCSc1cccc(N)c1. The molecule has 0 aliphatic carbocycles. The van der Waals surface area contributed by atoms with Crippen molar-refractivity contribution in [3.05, 3.63) is 24.3 Å². The first kappa shape index (κ1) is 10.0. The summed E-state index contributed by atoms with van der Waals surface area (Å²) in [5.74, 6) is 6.94. The molecule has 1 nitrogen and oxygen atoms in total. The maximum Gasteiger partial charge on any atom is 0.0325 e. The molecule has 1 aromatic rings. The summed E-state index contributed by atoms with van der Waals surface area (Å²) in [7, 11) is 0. The Hall–Kier alpha value is -1.07. The van der Waals surface area contributed by atoms with Gasteiger partial charge in [-0.1, -0.05) is 6.07 Å². The molecule has 0 bridgehead atoms. The summed E-state index contributed by atoms with van der Waals surface area (Å²) in [6.45, 7) is 1.87. The molecule has 0 heterocycles. The van der Waals surface area contributed by atoms with Gasteiger partial charge < -0.3 is 5.73 Å². The van der Waals surface area contributed by atoms with Crippen molar-refractivity contribution in [2.45, 2.75) is 18.2 Å². The number of anilines is 1. The van der Waals surface area contributed by atoms with Crippen LogP contribution in [0.2, 0.25) is 0 Å². The second-order valence-corrected chi connectivity index (χ2v) is 3.77. The Kier molecular flexibility index (Phi) is 4.28. The monoisotopic (exact) mass is 191 g/mol. The fraction of sp³-hybridized carbons (Fsp3) is 0.273. The topological polar surface area (TPSA) is 26.0 Å². The average molecular weight is 191 g/mol. The minimum absolute atomic E-state index is 0.826. The summed E-state index contributed by atoms with van der Waals surface area (Å²) >= 11 is 1.79. The van der Waals surface area contributed by atoms with Gasteiger partial charge in [0.15, 0.2) is 0 Å². The Morgan fingerprint density at radius 1 is 1.46 bits per heavy atom. The number of nitrogen functional groups attached to an aromatic ring is 1. The van der Waals surface area contributed by atoms with E-state index in [9.17, 15) is 0 Å². The Morgan fingerprint density at radius 3 is 3.00 bits per heavy atom. The minimum Gasteiger partial charge on any atom is -0.399 e. The molecular formula is C11H13NS. The lowest BCUT2D eigenvalue weighted by atomic mass is 10.3. The highest BCUT2D eigenvalue weighted by Crippen LogP contribution is 2.20. The van der Waals surface area contributed by atoms with Gasteiger partial charge in [0.2, 0.25) is 0 Å². The highest BCUT2D eigenvalue weighted by Gasteiger charge is 1.92. The largest absolute Gasteiger partial charge is 0.399 e. The summed E-state index contributed by atoms with van der Waals surface area (Å²) in [5, 5.41) is 0. The molecule has 0 fully saturated rings. The van der Waals surface area contributed by atoms with E-state index in [2.05, 4.69) is 17.9 Å². The molecule has 1 rings (SSSR count). The Morgan fingerprint density at radius 2 is 2.31 bits per heavy atom. The van der Waals surface area contributed by atoms with Crippen molar-refractivity contribution < 1.29 is 0 Å². The van der Waals surface area contributed by atoms with E-state index in [1.54, 1.807) is 11.8 Å². The summed E-state index contributed by atoms with van der Waals surface area (Å²) < 4.78 is 0. The zero-order chi connectivity index (χ0) is 9.52. The van der Waals surface area contributed by atoms with Crippen LogP contribution in [0.1, 0.15) is 13.3 Å². The lowest BCUT2D eigenvalue weighted by Crippen LogP contribution is -1.84. The Labute approximate surface area is 83.7 Å². The van der Waals surface area contributed by atoms with Crippen molar-refractivity contribution >= 4 is 17.4 Å². The maximum atomic E-state index is 5.65. The molecule has 0 amide bonds. The highest BCUT2D eigenvalue weighted by molar-refractivity contribution is 7.99. The lowest BCUT2D eigenvalue weighted by Gasteiger charge is -1.99. The van der Waals surface area contributed by atoms with Gasteiger partial charge in [0, 0.05) is 22.8 Å². The van der Waals surface area contributed by atoms with Crippen LogP contribution in [0.3, 0.4) is 0 Å². The van der Waals surface area contributed by atoms with Crippen molar-refractivity contribution in [2.75, 3.05) is 11.5 Å². The molecule has 68 valence electrons. The van der Waals surface area contributed by atoms with Crippen molar-refractivity contribution in [1.29, 1.82) is 0 Å². The van der Waals surface area contributed by atoms with Gasteiger partial charge in [-0.2, -0.15) is 0 Å². The fourth-order valence-electron chi connectivity index (χ4n) is 0.949. The van der Waals surface area contributed by atoms with Crippen molar-refractivity contribution in [2.24, 2.45) is 0 Å². The van der Waals surface area contributed by atoms with Gasteiger partial charge in [0.25, 0.3) is 0 Å². The molecule has 0 spiro atoms. The minimum atomic E-state index is 0.826. The predicted octanol–water partition coefficient (Wildman–Crippen LogP) is 2.77. The molecule has 0 aromatic heterocycles. The van der Waals surface area contributed by atoms with Crippen LogP contribution in [0.25, 0.3) is 0 Å². The number of hydrogen-bond acceptors (Lipinski definition) is 2. The van der Waals surface area contributed by atoms with E-state index in [0.717, 1.165) is 17.9 Å². The molecule has 0 saturated carbocycles. The quantitative estimate of drug-likeness (QED) is 0.344. The van der Waals surface area contributed by atoms with Crippen LogP contribution in [0.15, 0.2) is 29.2 Å². The molecule has 0 aliphatic rings. The third-order valence-corrected chi connectivity index (χ3v) is 2.53. The number of benzene rings is 1. The van der Waals surface area contributed by atoms with E-state index < -0.39 is 0 Å². The van der Waals surface area contributed by atoms with Crippen LogP contribution in [0.4, 0.5) is 5.69 Å². The fourth-order valence-corrected chi connectivity index (χ4v) is 1.78. The third kappa shape index (κ3) is 3.91. The molecule has 0 aliphatic heterocycles. The van der Waals surface area contributed by atoms with E-state index in [1.165, 1.54) is 4.90 Å². The van der Waals surface area contributed by atoms with Crippen LogP contribution >= 0.6 is 11.8 Å². The molecule has 2 heteroatoms. The first-order valence-electron chi connectivity index (χ1n) is 4.21. The van der Waals surface area contributed by atoms with Gasteiger partial charge in [-0.25, -0.2) is 0 Å². The van der Waals surface area contributed by atoms with Crippen LogP contribution in [0.5, 0.6) is 0 Å². The lowest BCUT2D eigenvalue weighted by molar-refractivity contribution is 1.29. The van der Waals surface area contributed by atoms with Crippen LogP contribution < -0.4 is 5.73 Å². The number of hydrogen-bond donors (Lipinski definition) is 1. The molecule has 1 aromatic carbocycles. The summed E-state index contributed by atoms with van der Waals surface area (Å²) in [6.07, 6.45) is 0.940. The van der Waals surface area contributed by atoms with Gasteiger partial charge in [0.05, 0.1) is 0 Å². The molecule has 0 unspecified atom stereocenters. The van der Waals surface area contributed by atoms with E-state index in [1.807, 2.05) is 25.1 Å². The summed E-state index contributed by atoms with van der Waals surface area (Å²) in [5.41, 5.74) is 6.47. The van der Waals surface area contributed by atoms with Gasteiger partial charge in [-0.05, 0) is 25.1 Å². The van der Waals surface area contributed by atoms with E-state index >= 15 is 0 Å². The second kappa shape index (κ2) is 5.55. The molecule has 0 radical (unpaired) electrons. The Balaban J connectivity index is 2.39. The van der Waals surface area contributed by atoms with Gasteiger partial charge in [0.1, 0.15) is 0 Å². The Bertz CT molecular complexity index is 322. The molecular weight excluding hydrogens is 178 g/mol. The zero-order valence-corrected chi connectivity index (χ0v) is 8.53. The predicted molar refractivity (Wildman–Crippen MR) is 59.6 cm³/mol. The molecule has 0 atom stereocenters. The normalized spacial score (nSPS) is 9.00. The number of rotatable bonds is 3. The summed E-state index contributed by atoms with van der Waals surface area (Å²) in [6, 6.07) is 7.93. The molecule has 0 saturated heterocycles. The first-order chi connectivity index (χ1) is 6.33. The highest BCUT2D eigenvalue weighted by atomic mass is 32.2. The van der Waals surface area contributed by atoms with Crippen molar-refractivity contribution in [3.63, 3.8) is 0 Å². The average Bonchev–Trinajstić information content (AvgIpc) is 2.13. The van der Waals surface area contributed by atoms with Gasteiger partial charge in [-0.15, -0.1) is 23.6 Å². The van der Waals surface area contributed by atoms with Crippen LogP contribution in [0, 0.1) is 11.8 Å². The number of thioether (sulfide) groups is 1. The molecule has 2 N–H and O–H groups in total. The standard InChI is InChI=1S/C11H13NS/c1-2-3-4-8-13-11-7-5-6-10(12)9-11/h5-7,9H,4,8,12H2,1H3. The van der Waals surface area contributed by atoms with E-state index in [4.69, 9.17) is 5.73 Å². The van der Waals surface area contributed by atoms with E-state index in [-0.39, 0.29) is 0 Å². The first-order valence-corrected chi connectivity index (χ1v) is 5.19. The second-order valence-electron chi connectivity index (χ2n) is 2.60. The smallest absolute Gasteiger partial charge is 0.0325 e. The third-order valence-electron chi connectivity index (χ3n) is 1.53.